The lowest BCUT2D eigenvalue weighted by molar-refractivity contribution is -0.139. The number of benzene rings is 1. The van der Waals surface area contributed by atoms with Crippen LogP contribution in [0, 0.1) is 17.2 Å². The van der Waals surface area contributed by atoms with Gasteiger partial charge in [0.05, 0.1) is 10.4 Å². The summed E-state index contributed by atoms with van der Waals surface area (Å²) in [6.45, 7) is 3.72. The third-order valence-electron chi connectivity index (χ3n) is 3.41. The van der Waals surface area contributed by atoms with Crippen LogP contribution in [0.2, 0.25) is 0 Å². The van der Waals surface area contributed by atoms with E-state index in [9.17, 15) is 9.18 Å². The van der Waals surface area contributed by atoms with E-state index in [1.807, 2.05) is 13.8 Å². The zero-order valence-corrected chi connectivity index (χ0v) is 10.6. The van der Waals surface area contributed by atoms with E-state index in [1.54, 1.807) is 18.2 Å². The van der Waals surface area contributed by atoms with Gasteiger partial charge in [-0.25, -0.2) is 4.39 Å². The molecule has 0 saturated heterocycles. The summed E-state index contributed by atoms with van der Waals surface area (Å²) >= 11 is 3.11. The third-order valence-corrected chi connectivity index (χ3v) is 4.02. The number of hydrogen-bond acceptors (Lipinski definition) is 1. The first kappa shape index (κ1) is 11.6. The lowest BCUT2D eigenvalue weighted by Crippen LogP contribution is -2.03. The van der Waals surface area contributed by atoms with E-state index in [0.717, 1.165) is 0 Å². The van der Waals surface area contributed by atoms with Gasteiger partial charge < -0.3 is 5.11 Å². The molecule has 1 aliphatic rings. The molecule has 0 aliphatic heterocycles. The van der Waals surface area contributed by atoms with Crippen molar-refractivity contribution in [2.24, 2.45) is 11.3 Å². The fourth-order valence-electron chi connectivity index (χ4n) is 2.44. The van der Waals surface area contributed by atoms with Crippen LogP contribution < -0.4 is 0 Å². The van der Waals surface area contributed by atoms with Gasteiger partial charge in [0, 0.05) is 5.92 Å². The van der Waals surface area contributed by atoms with E-state index < -0.39 is 11.9 Å². The maximum absolute atomic E-state index is 13.8. The molecule has 0 bridgehead atoms. The predicted octanol–water partition coefficient (Wildman–Crippen LogP) is 3.41. The standard InChI is InChI=1S/C12H12BrFO2/c1-12(2)8(9(12)11(15)16)6-4-3-5-7(13)10(6)14/h3-5,8-9H,1-2H3,(H,15,16). The Morgan fingerprint density at radius 2 is 2.12 bits per heavy atom. The van der Waals surface area contributed by atoms with Crippen LogP contribution >= 0.6 is 15.9 Å². The molecule has 2 nitrogen and oxygen atoms in total. The van der Waals surface area contributed by atoms with E-state index in [2.05, 4.69) is 15.9 Å². The lowest BCUT2D eigenvalue weighted by atomic mass is 10.0. The summed E-state index contributed by atoms with van der Waals surface area (Å²) in [6, 6.07) is 5.01. The zero-order valence-electron chi connectivity index (χ0n) is 9.00. The summed E-state index contributed by atoms with van der Waals surface area (Å²) in [5.41, 5.74) is 0.125. The smallest absolute Gasteiger partial charge is 0.307 e. The first-order chi connectivity index (χ1) is 7.37. The summed E-state index contributed by atoms with van der Waals surface area (Å²) in [5.74, 6) is -1.92. The normalized spacial score (nSPS) is 26.5. The van der Waals surface area contributed by atoms with Crippen molar-refractivity contribution < 1.29 is 14.3 Å². The van der Waals surface area contributed by atoms with Crippen LogP contribution in [-0.4, -0.2) is 11.1 Å². The van der Waals surface area contributed by atoms with Gasteiger partial charge in [0.1, 0.15) is 5.82 Å². The first-order valence-electron chi connectivity index (χ1n) is 5.04. The largest absolute Gasteiger partial charge is 0.481 e. The van der Waals surface area contributed by atoms with Gasteiger partial charge in [-0.05, 0) is 33.0 Å². The van der Waals surface area contributed by atoms with Crippen LogP contribution in [0.25, 0.3) is 0 Å². The summed E-state index contributed by atoms with van der Waals surface area (Å²) in [6.07, 6.45) is 0. The number of halogens is 2. The van der Waals surface area contributed by atoms with Gasteiger partial charge in [0.15, 0.2) is 0 Å². The highest BCUT2D eigenvalue weighted by molar-refractivity contribution is 9.10. The van der Waals surface area contributed by atoms with E-state index in [4.69, 9.17) is 5.11 Å². The Hall–Kier alpha value is -0.900. The van der Waals surface area contributed by atoms with E-state index >= 15 is 0 Å². The minimum atomic E-state index is -0.852. The maximum atomic E-state index is 13.8. The maximum Gasteiger partial charge on any atom is 0.307 e. The first-order valence-corrected chi connectivity index (χ1v) is 5.83. The van der Waals surface area contributed by atoms with E-state index in [-0.39, 0.29) is 17.2 Å². The number of hydrogen-bond donors (Lipinski definition) is 1. The summed E-state index contributed by atoms with van der Waals surface area (Å²) in [7, 11) is 0. The average Bonchev–Trinajstić information content (AvgIpc) is 2.74. The van der Waals surface area contributed by atoms with E-state index in [0.29, 0.717) is 10.0 Å². The highest BCUT2D eigenvalue weighted by Gasteiger charge is 2.63. The van der Waals surface area contributed by atoms with Crippen LogP contribution in [0.3, 0.4) is 0 Å². The van der Waals surface area contributed by atoms with Crippen LogP contribution in [-0.2, 0) is 4.79 Å². The van der Waals surface area contributed by atoms with Crippen LogP contribution in [0.1, 0.15) is 25.3 Å². The van der Waals surface area contributed by atoms with Crippen molar-refractivity contribution in [3.63, 3.8) is 0 Å². The molecule has 2 atom stereocenters. The summed E-state index contributed by atoms with van der Waals surface area (Å²) in [4.78, 5) is 11.0. The van der Waals surface area contributed by atoms with Crippen molar-refractivity contribution in [2.75, 3.05) is 0 Å². The third kappa shape index (κ3) is 1.56. The SMILES string of the molecule is CC1(C)C(C(=O)O)C1c1cccc(Br)c1F. The number of rotatable bonds is 2. The number of carboxylic acid groups (broad SMARTS) is 1. The molecule has 2 rings (SSSR count). The predicted molar refractivity (Wildman–Crippen MR) is 61.7 cm³/mol. The van der Waals surface area contributed by atoms with Crippen molar-refractivity contribution in [1.82, 2.24) is 0 Å². The quantitative estimate of drug-likeness (QED) is 0.905. The molecule has 16 heavy (non-hydrogen) atoms. The van der Waals surface area contributed by atoms with Gasteiger partial charge in [0.2, 0.25) is 0 Å². The molecule has 1 aromatic carbocycles. The second kappa shape index (κ2) is 3.55. The van der Waals surface area contributed by atoms with Gasteiger partial charge in [-0.1, -0.05) is 26.0 Å². The van der Waals surface area contributed by atoms with Crippen LogP contribution in [0.15, 0.2) is 22.7 Å². The topological polar surface area (TPSA) is 37.3 Å². The Labute approximate surface area is 102 Å². The highest BCUT2D eigenvalue weighted by Crippen LogP contribution is 2.64. The molecular weight excluding hydrogens is 275 g/mol. The average molecular weight is 287 g/mol. The molecule has 0 aromatic heterocycles. The molecule has 0 amide bonds. The van der Waals surface area contributed by atoms with Crippen LogP contribution in [0.4, 0.5) is 4.39 Å². The Morgan fingerprint density at radius 3 is 2.62 bits per heavy atom. The fourth-order valence-corrected chi connectivity index (χ4v) is 2.82. The van der Waals surface area contributed by atoms with E-state index in [1.165, 1.54) is 0 Å². The Kier molecular flexibility index (Phi) is 2.57. The second-order valence-corrected chi connectivity index (χ2v) is 5.61. The zero-order chi connectivity index (χ0) is 12.1. The number of carboxylic acids is 1. The van der Waals surface area contributed by atoms with Gasteiger partial charge in [-0.3, -0.25) is 4.79 Å². The molecule has 1 aromatic rings. The molecule has 0 radical (unpaired) electrons. The van der Waals surface area contributed by atoms with Crippen molar-refractivity contribution in [3.05, 3.63) is 34.1 Å². The van der Waals surface area contributed by atoms with Gasteiger partial charge >= 0.3 is 5.97 Å². The van der Waals surface area contributed by atoms with Crippen molar-refractivity contribution >= 4 is 21.9 Å². The molecule has 2 unspecified atom stereocenters. The highest BCUT2D eigenvalue weighted by atomic mass is 79.9. The Bertz CT molecular complexity index is 456. The Balaban J connectivity index is 2.41. The lowest BCUT2D eigenvalue weighted by Gasteiger charge is -2.05. The van der Waals surface area contributed by atoms with Gasteiger partial charge in [0.25, 0.3) is 0 Å². The number of aliphatic carboxylic acids is 1. The second-order valence-electron chi connectivity index (χ2n) is 4.76. The van der Waals surface area contributed by atoms with Crippen molar-refractivity contribution in [2.45, 2.75) is 19.8 Å². The molecule has 0 heterocycles. The van der Waals surface area contributed by atoms with Gasteiger partial charge in [-0.2, -0.15) is 0 Å². The van der Waals surface area contributed by atoms with Crippen LogP contribution in [0.5, 0.6) is 0 Å². The minimum Gasteiger partial charge on any atom is -0.481 e. The fraction of sp³-hybridized carbons (Fsp3) is 0.417. The molecule has 4 heteroatoms. The molecular formula is C12H12BrFO2. The summed E-state index contributed by atoms with van der Waals surface area (Å²) < 4.78 is 14.2. The molecule has 1 N–H and O–H groups in total. The number of carbonyl (C=O) groups is 1. The van der Waals surface area contributed by atoms with Crippen molar-refractivity contribution in [1.29, 1.82) is 0 Å². The molecule has 0 spiro atoms. The molecule has 86 valence electrons. The summed E-state index contributed by atoms with van der Waals surface area (Å²) in [5, 5.41) is 9.05. The molecule has 1 aliphatic carbocycles. The Morgan fingerprint density at radius 1 is 1.50 bits per heavy atom. The molecule has 1 fully saturated rings. The van der Waals surface area contributed by atoms with Gasteiger partial charge in [-0.15, -0.1) is 0 Å². The monoisotopic (exact) mass is 286 g/mol. The van der Waals surface area contributed by atoms with Crippen molar-refractivity contribution in [3.8, 4) is 0 Å². The molecule has 1 saturated carbocycles. The minimum absolute atomic E-state index is 0.234.